The third kappa shape index (κ3) is 3.73. The van der Waals surface area contributed by atoms with Gasteiger partial charge in [0.25, 0.3) is 0 Å². The summed E-state index contributed by atoms with van der Waals surface area (Å²) in [6, 6.07) is 5.86. The number of hydrogen-bond acceptors (Lipinski definition) is 4. The monoisotopic (exact) mass is 236 g/mol. The van der Waals surface area contributed by atoms with Crippen LogP contribution in [0.15, 0.2) is 36.6 Å². The number of carboxylic acid groups (broad SMARTS) is 1. The van der Waals surface area contributed by atoms with Crippen molar-refractivity contribution in [1.82, 2.24) is 0 Å². The van der Waals surface area contributed by atoms with Crippen molar-refractivity contribution in [2.24, 2.45) is 0 Å². The highest BCUT2D eigenvalue weighted by molar-refractivity contribution is 6.02. The van der Waals surface area contributed by atoms with Crippen molar-refractivity contribution < 1.29 is 24.2 Å². The minimum absolute atomic E-state index is 0.0158. The maximum atomic E-state index is 11.6. The molecule has 1 aromatic carbocycles. The molecule has 0 saturated carbocycles. The van der Waals surface area contributed by atoms with Crippen LogP contribution >= 0.6 is 0 Å². The van der Waals surface area contributed by atoms with Gasteiger partial charge in [-0.1, -0.05) is 12.1 Å². The molecule has 0 spiro atoms. The Kier molecular flexibility index (Phi) is 4.90. The lowest BCUT2D eigenvalue weighted by atomic mass is 10.1. The Bertz CT molecular complexity index is 436. The van der Waals surface area contributed by atoms with E-state index in [2.05, 4.69) is 0 Å². The molecule has 0 radical (unpaired) electrons. The first-order valence-corrected chi connectivity index (χ1v) is 4.84. The Morgan fingerprint density at radius 3 is 2.53 bits per heavy atom. The van der Waals surface area contributed by atoms with Crippen molar-refractivity contribution in [3.8, 4) is 0 Å². The van der Waals surface area contributed by atoms with Gasteiger partial charge in [0.2, 0.25) is 0 Å². The van der Waals surface area contributed by atoms with E-state index in [1.54, 1.807) is 12.1 Å². The summed E-state index contributed by atoms with van der Waals surface area (Å²) >= 11 is 0. The van der Waals surface area contributed by atoms with Gasteiger partial charge in [-0.3, -0.25) is 0 Å². The Balaban J connectivity index is 2.78. The van der Waals surface area contributed by atoms with Crippen molar-refractivity contribution in [2.75, 3.05) is 13.7 Å². The van der Waals surface area contributed by atoms with E-state index in [0.29, 0.717) is 6.61 Å². The lowest BCUT2D eigenvalue weighted by molar-refractivity contribution is 0.0630. The topological polar surface area (TPSA) is 72.8 Å². The van der Waals surface area contributed by atoms with Crippen LogP contribution in [0.5, 0.6) is 0 Å². The number of rotatable bonds is 5. The van der Waals surface area contributed by atoms with Gasteiger partial charge in [-0.25, -0.2) is 9.59 Å². The van der Waals surface area contributed by atoms with E-state index in [1.165, 1.54) is 31.6 Å². The normalized spacial score (nSPS) is 10.4. The summed E-state index contributed by atoms with van der Waals surface area (Å²) in [4.78, 5) is 22.4. The number of benzene rings is 1. The molecular weight excluding hydrogens is 224 g/mol. The van der Waals surface area contributed by atoms with Crippen LogP contribution in [-0.2, 0) is 9.47 Å². The predicted molar refractivity (Wildman–Crippen MR) is 59.8 cm³/mol. The van der Waals surface area contributed by atoms with Gasteiger partial charge in [0, 0.05) is 7.11 Å². The summed E-state index contributed by atoms with van der Waals surface area (Å²) in [6.45, 7) is 0.313. The molecule has 17 heavy (non-hydrogen) atoms. The molecule has 1 rings (SSSR count). The highest BCUT2D eigenvalue weighted by atomic mass is 16.5. The van der Waals surface area contributed by atoms with Gasteiger partial charge in [-0.05, 0) is 18.2 Å². The number of carbonyl (C=O) groups excluding carboxylic acids is 1. The van der Waals surface area contributed by atoms with Crippen molar-refractivity contribution in [2.45, 2.75) is 0 Å². The number of ether oxygens (including phenoxy) is 2. The van der Waals surface area contributed by atoms with Crippen molar-refractivity contribution >= 4 is 11.9 Å². The molecule has 1 N–H and O–H groups in total. The van der Waals surface area contributed by atoms with Gasteiger partial charge in [-0.2, -0.15) is 0 Å². The van der Waals surface area contributed by atoms with Gasteiger partial charge >= 0.3 is 11.9 Å². The zero-order valence-corrected chi connectivity index (χ0v) is 9.25. The minimum Gasteiger partial charge on any atom is -0.478 e. The largest absolute Gasteiger partial charge is 0.478 e. The molecular formula is C12H12O5. The fourth-order valence-electron chi connectivity index (χ4n) is 1.16. The Morgan fingerprint density at radius 2 is 1.94 bits per heavy atom. The van der Waals surface area contributed by atoms with Crippen molar-refractivity contribution in [3.63, 3.8) is 0 Å². The molecule has 0 amide bonds. The number of hydrogen-bond donors (Lipinski definition) is 1. The molecule has 0 saturated heterocycles. The van der Waals surface area contributed by atoms with E-state index in [9.17, 15) is 9.59 Å². The second-order valence-corrected chi connectivity index (χ2v) is 3.08. The van der Waals surface area contributed by atoms with Crippen LogP contribution in [0.3, 0.4) is 0 Å². The molecule has 0 unspecified atom stereocenters. The third-order valence-electron chi connectivity index (χ3n) is 1.91. The molecule has 0 aliphatic carbocycles. The molecule has 0 atom stereocenters. The van der Waals surface area contributed by atoms with Crippen LogP contribution in [0.25, 0.3) is 0 Å². The Labute approximate surface area is 98.3 Å². The van der Waals surface area contributed by atoms with E-state index in [4.69, 9.17) is 14.6 Å². The summed E-state index contributed by atoms with van der Waals surface area (Å²) in [5.41, 5.74) is -0.0697. The zero-order chi connectivity index (χ0) is 12.7. The second kappa shape index (κ2) is 6.44. The average Bonchev–Trinajstić information content (AvgIpc) is 2.34. The number of carbonyl (C=O) groups is 2. The van der Waals surface area contributed by atoms with E-state index >= 15 is 0 Å². The third-order valence-corrected chi connectivity index (χ3v) is 1.91. The maximum absolute atomic E-state index is 11.6. The second-order valence-electron chi connectivity index (χ2n) is 3.08. The van der Waals surface area contributed by atoms with E-state index in [-0.39, 0.29) is 11.1 Å². The summed E-state index contributed by atoms with van der Waals surface area (Å²) in [5, 5.41) is 8.88. The summed E-state index contributed by atoms with van der Waals surface area (Å²) in [5.74, 6) is -1.88. The molecule has 5 nitrogen and oxygen atoms in total. The average molecular weight is 236 g/mol. The Hall–Kier alpha value is -2.14. The zero-order valence-electron chi connectivity index (χ0n) is 9.25. The molecule has 0 bridgehead atoms. The molecule has 5 heteroatoms. The number of carboxylic acids is 1. The highest BCUT2D eigenvalue weighted by Gasteiger charge is 2.15. The molecule has 0 aliphatic heterocycles. The summed E-state index contributed by atoms with van der Waals surface area (Å²) in [6.07, 6.45) is 2.67. The van der Waals surface area contributed by atoms with E-state index in [0.717, 1.165) is 0 Å². The van der Waals surface area contributed by atoms with Crippen molar-refractivity contribution in [1.29, 1.82) is 0 Å². The van der Waals surface area contributed by atoms with E-state index < -0.39 is 11.9 Å². The molecule has 1 aromatic rings. The SMILES string of the molecule is COC/C=C/OC(=O)c1ccccc1C(=O)O. The number of methoxy groups -OCH3 is 1. The quantitative estimate of drug-likeness (QED) is 0.622. The Morgan fingerprint density at radius 1 is 1.29 bits per heavy atom. The summed E-state index contributed by atoms with van der Waals surface area (Å²) in [7, 11) is 1.51. The molecule has 90 valence electrons. The first kappa shape index (κ1) is 12.9. The molecule has 0 aliphatic rings. The molecule has 0 heterocycles. The lowest BCUT2D eigenvalue weighted by Gasteiger charge is -2.03. The smallest absolute Gasteiger partial charge is 0.343 e. The summed E-state index contributed by atoms with van der Waals surface area (Å²) < 4.78 is 9.48. The van der Waals surface area contributed by atoms with Gasteiger partial charge < -0.3 is 14.6 Å². The number of esters is 1. The molecule has 0 fully saturated rings. The van der Waals surface area contributed by atoms with E-state index in [1.807, 2.05) is 0 Å². The first-order chi connectivity index (χ1) is 8.16. The highest BCUT2D eigenvalue weighted by Crippen LogP contribution is 2.10. The van der Waals surface area contributed by atoms with Crippen LogP contribution in [-0.4, -0.2) is 30.8 Å². The van der Waals surface area contributed by atoms with Gasteiger partial charge in [-0.15, -0.1) is 0 Å². The van der Waals surface area contributed by atoms with Crippen LogP contribution in [0.4, 0.5) is 0 Å². The van der Waals surface area contributed by atoms with Crippen LogP contribution < -0.4 is 0 Å². The fraction of sp³-hybridized carbons (Fsp3) is 0.167. The first-order valence-electron chi connectivity index (χ1n) is 4.84. The maximum Gasteiger partial charge on any atom is 0.343 e. The van der Waals surface area contributed by atoms with Crippen molar-refractivity contribution in [3.05, 3.63) is 47.7 Å². The van der Waals surface area contributed by atoms with Crippen LogP contribution in [0, 0.1) is 0 Å². The molecule has 0 aromatic heterocycles. The van der Waals surface area contributed by atoms with Gasteiger partial charge in [0.15, 0.2) is 0 Å². The fourth-order valence-corrected chi connectivity index (χ4v) is 1.16. The van der Waals surface area contributed by atoms with Gasteiger partial charge in [0.05, 0.1) is 24.0 Å². The standard InChI is InChI=1S/C12H12O5/c1-16-7-4-8-17-12(15)10-6-3-2-5-9(10)11(13)14/h2-6,8H,7H2,1H3,(H,13,14)/b8-4+. The lowest BCUT2D eigenvalue weighted by Crippen LogP contribution is -2.09. The number of aromatic carboxylic acids is 1. The van der Waals surface area contributed by atoms with Gasteiger partial charge in [0.1, 0.15) is 0 Å². The van der Waals surface area contributed by atoms with Crippen LogP contribution in [0.2, 0.25) is 0 Å². The predicted octanol–water partition coefficient (Wildman–Crippen LogP) is 1.70. The van der Waals surface area contributed by atoms with Crippen LogP contribution in [0.1, 0.15) is 20.7 Å². The minimum atomic E-state index is -1.17.